The van der Waals surface area contributed by atoms with Crippen molar-refractivity contribution in [1.82, 2.24) is 5.32 Å². The minimum Gasteiger partial charge on any atom is -0.480 e. The largest absolute Gasteiger partial charge is 0.480 e. The van der Waals surface area contributed by atoms with E-state index < -0.39 is 18.4 Å². The second-order valence-electron chi connectivity index (χ2n) is 2.92. The van der Waals surface area contributed by atoms with Gasteiger partial charge in [-0.05, 0) is 12.1 Å². The molecule has 1 aromatic heterocycles. The lowest BCUT2D eigenvalue weighted by Crippen LogP contribution is -2.28. The SMILES string of the molecule is CC(=O)Nc1ccc(C(=O)NCC(=O)O)s1. The Labute approximate surface area is 95.3 Å². The van der Waals surface area contributed by atoms with Crippen molar-refractivity contribution in [2.75, 3.05) is 11.9 Å². The van der Waals surface area contributed by atoms with Gasteiger partial charge in [0, 0.05) is 6.92 Å². The maximum absolute atomic E-state index is 11.4. The van der Waals surface area contributed by atoms with E-state index in [1.54, 1.807) is 6.07 Å². The molecule has 86 valence electrons. The second-order valence-corrected chi connectivity index (χ2v) is 4.01. The molecule has 1 rings (SSSR count). The fraction of sp³-hybridized carbons (Fsp3) is 0.222. The number of hydrogen-bond acceptors (Lipinski definition) is 4. The third kappa shape index (κ3) is 3.70. The van der Waals surface area contributed by atoms with E-state index in [0.29, 0.717) is 9.88 Å². The highest BCUT2D eigenvalue weighted by Crippen LogP contribution is 2.21. The zero-order chi connectivity index (χ0) is 12.1. The van der Waals surface area contributed by atoms with Crippen molar-refractivity contribution in [3.05, 3.63) is 17.0 Å². The molecule has 1 heterocycles. The van der Waals surface area contributed by atoms with E-state index in [9.17, 15) is 14.4 Å². The van der Waals surface area contributed by atoms with E-state index in [1.165, 1.54) is 13.0 Å². The monoisotopic (exact) mass is 242 g/mol. The third-order valence-corrected chi connectivity index (χ3v) is 2.53. The van der Waals surface area contributed by atoms with Crippen LogP contribution in [0.3, 0.4) is 0 Å². The number of rotatable bonds is 4. The van der Waals surface area contributed by atoms with Crippen molar-refractivity contribution in [1.29, 1.82) is 0 Å². The number of thiophene rings is 1. The van der Waals surface area contributed by atoms with E-state index >= 15 is 0 Å². The molecule has 0 bridgehead atoms. The van der Waals surface area contributed by atoms with Gasteiger partial charge in [0.05, 0.1) is 9.88 Å². The molecule has 0 unspecified atom stereocenters. The average Bonchev–Trinajstić information content (AvgIpc) is 2.61. The molecule has 2 amide bonds. The third-order valence-electron chi connectivity index (χ3n) is 1.53. The van der Waals surface area contributed by atoms with Crippen LogP contribution in [0.1, 0.15) is 16.6 Å². The maximum Gasteiger partial charge on any atom is 0.322 e. The van der Waals surface area contributed by atoms with Crippen molar-refractivity contribution in [2.45, 2.75) is 6.92 Å². The molecule has 0 fully saturated rings. The van der Waals surface area contributed by atoms with Gasteiger partial charge in [-0.1, -0.05) is 0 Å². The van der Waals surface area contributed by atoms with Crippen molar-refractivity contribution < 1.29 is 19.5 Å². The van der Waals surface area contributed by atoms with Gasteiger partial charge >= 0.3 is 5.97 Å². The molecular weight excluding hydrogens is 232 g/mol. The molecule has 0 spiro atoms. The summed E-state index contributed by atoms with van der Waals surface area (Å²) in [4.78, 5) is 32.7. The number of aliphatic carboxylic acids is 1. The van der Waals surface area contributed by atoms with E-state index in [0.717, 1.165) is 11.3 Å². The number of amides is 2. The number of carbonyl (C=O) groups is 3. The van der Waals surface area contributed by atoms with Gasteiger partial charge in [-0.15, -0.1) is 11.3 Å². The van der Waals surface area contributed by atoms with Crippen molar-refractivity contribution in [3.63, 3.8) is 0 Å². The Balaban J connectivity index is 2.59. The van der Waals surface area contributed by atoms with Gasteiger partial charge in [0.15, 0.2) is 0 Å². The van der Waals surface area contributed by atoms with Crippen LogP contribution in [0.5, 0.6) is 0 Å². The summed E-state index contributed by atoms with van der Waals surface area (Å²) < 4.78 is 0. The number of carbonyl (C=O) groups excluding carboxylic acids is 2. The molecule has 1 aromatic rings. The number of carboxylic acids is 1. The maximum atomic E-state index is 11.4. The van der Waals surface area contributed by atoms with Crippen LogP contribution < -0.4 is 10.6 Å². The fourth-order valence-electron chi connectivity index (χ4n) is 0.944. The number of carboxylic acid groups (broad SMARTS) is 1. The molecule has 7 heteroatoms. The zero-order valence-electron chi connectivity index (χ0n) is 8.44. The Morgan fingerprint density at radius 1 is 1.38 bits per heavy atom. The van der Waals surface area contributed by atoms with Gasteiger partial charge in [-0.2, -0.15) is 0 Å². The second kappa shape index (κ2) is 5.26. The van der Waals surface area contributed by atoms with Crippen molar-refractivity contribution in [2.24, 2.45) is 0 Å². The Hall–Kier alpha value is -1.89. The molecule has 6 nitrogen and oxygen atoms in total. The van der Waals surface area contributed by atoms with Crippen LogP contribution in [0.2, 0.25) is 0 Å². The van der Waals surface area contributed by atoms with Gasteiger partial charge in [0.25, 0.3) is 5.91 Å². The summed E-state index contributed by atoms with van der Waals surface area (Å²) in [5.41, 5.74) is 0. The molecule has 0 atom stereocenters. The van der Waals surface area contributed by atoms with Crippen LogP contribution in [0.15, 0.2) is 12.1 Å². The van der Waals surface area contributed by atoms with Crippen LogP contribution in [0.25, 0.3) is 0 Å². The van der Waals surface area contributed by atoms with Gasteiger partial charge in [-0.25, -0.2) is 0 Å². The highest BCUT2D eigenvalue weighted by atomic mass is 32.1. The first-order valence-corrected chi connectivity index (χ1v) is 5.18. The topological polar surface area (TPSA) is 95.5 Å². The van der Waals surface area contributed by atoms with Crippen LogP contribution in [0.4, 0.5) is 5.00 Å². The lowest BCUT2D eigenvalue weighted by Gasteiger charge is -1.98. The lowest BCUT2D eigenvalue weighted by atomic mass is 10.4. The van der Waals surface area contributed by atoms with Crippen LogP contribution in [-0.4, -0.2) is 29.4 Å². The molecule has 0 saturated heterocycles. The van der Waals surface area contributed by atoms with E-state index in [1.807, 2.05) is 0 Å². The summed E-state index contributed by atoms with van der Waals surface area (Å²) in [5, 5.41) is 13.7. The number of hydrogen-bond donors (Lipinski definition) is 3. The Morgan fingerprint density at radius 2 is 2.06 bits per heavy atom. The predicted octanol–water partition coefficient (Wildman–Crippen LogP) is 0.521. The first kappa shape index (κ1) is 12.2. The number of nitrogens with one attached hydrogen (secondary N) is 2. The van der Waals surface area contributed by atoms with Crippen molar-refractivity contribution >= 4 is 34.1 Å². The molecule has 0 aliphatic heterocycles. The molecule has 0 saturated carbocycles. The fourth-order valence-corrected chi connectivity index (χ4v) is 1.81. The van der Waals surface area contributed by atoms with Gasteiger partial charge < -0.3 is 15.7 Å². The standard InChI is InChI=1S/C9H10N2O4S/c1-5(12)11-7-3-2-6(16-7)9(15)10-4-8(13)14/h2-3H,4H2,1H3,(H,10,15)(H,11,12)(H,13,14). The smallest absolute Gasteiger partial charge is 0.322 e. The molecular formula is C9H10N2O4S. The van der Waals surface area contributed by atoms with Crippen LogP contribution >= 0.6 is 11.3 Å². The van der Waals surface area contributed by atoms with E-state index in [-0.39, 0.29) is 5.91 Å². The summed E-state index contributed by atoms with van der Waals surface area (Å²) >= 11 is 1.08. The number of anilines is 1. The minimum atomic E-state index is -1.10. The van der Waals surface area contributed by atoms with E-state index in [2.05, 4.69) is 10.6 Å². The molecule has 0 radical (unpaired) electrons. The molecule has 0 aromatic carbocycles. The first-order chi connectivity index (χ1) is 7.49. The summed E-state index contributed by atoms with van der Waals surface area (Å²) in [7, 11) is 0. The highest BCUT2D eigenvalue weighted by molar-refractivity contribution is 7.18. The summed E-state index contributed by atoms with van der Waals surface area (Å²) in [6.45, 7) is 0.941. The molecule has 16 heavy (non-hydrogen) atoms. The average molecular weight is 242 g/mol. The lowest BCUT2D eigenvalue weighted by molar-refractivity contribution is -0.135. The zero-order valence-corrected chi connectivity index (χ0v) is 9.26. The van der Waals surface area contributed by atoms with Crippen LogP contribution in [0, 0.1) is 0 Å². The molecule has 0 aliphatic rings. The first-order valence-electron chi connectivity index (χ1n) is 4.36. The highest BCUT2D eigenvalue weighted by Gasteiger charge is 2.10. The van der Waals surface area contributed by atoms with Gasteiger partial charge in [0.1, 0.15) is 6.54 Å². The quantitative estimate of drug-likeness (QED) is 0.717. The van der Waals surface area contributed by atoms with Gasteiger partial charge in [-0.3, -0.25) is 14.4 Å². The molecule has 0 aliphatic carbocycles. The Morgan fingerprint density at radius 3 is 2.62 bits per heavy atom. The predicted molar refractivity (Wildman–Crippen MR) is 58.6 cm³/mol. The van der Waals surface area contributed by atoms with E-state index in [4.69, 9.17) is 5.11 Å². The summed E-state index contributed by atoms with van der Waals surface area (Å²) in [6, 6.07) is 3.11. The Kier molecular flexibility index (Phi) is 4.01. The molecule has 3 N–H and O–H groups in total. The van der Waals surface area contributed by atoms with Crippen LogP contribution in [-0.2, 0) is 9.59 Å². The summed E-state index contributed by atoms with van der Waals surface area (Å²) in [5.74, 6) is -1.80. The minimum absolute atomic E-state index is 0.223. The summed E-state index contributed by atoms with van der Waals surface area (Å²) in [6.07, 6.45) is 0. The normalized spacial score (nSPS) is 9.56. The van der Waals surface area contributed by atoms with Crippen molar-refractivity contribution in [3.8, 4) is 0 Å². The Bertz CT molecular complexity index is 427. The van der Waals surface area contributed by atoms with Gasteiger partial charge in [0.2, 0.25) is 5.91 Å².